The van der Waals surface area contributed by atoms with Crippen LogP contribution in [0.2, 0.25) is 0 Å². The normalized spacial score (nSPS) is 12.5. The Morgan fingerprint density at radius 1 is 1.46 bits per heavy atom. The number of hydrogen-bond acceptors (Lipinski definition) is 2. The van der Waals surface area contributed by atoms with Gasteiger partial charge in [-0.25, -0.2) is 0 Å². The van der Waals surface area contributed by atoms with E-state index in [0.29, 0.717) is 10.0 Å². The molecule has 1 aromatic rings. The molecule has 0 unspecified atom stereocenters. The zero-order valence-electron chi connectivity index (χ0n) is 6.50. The van der Waals surface area contributed by atoms with Crippen molar-refractivity contribution in [3.63, 3.8) is 0 Å². The summed E-state index contributed by atoms with van der Waals surface area (Å²) in [6.45, 7) is 0. The van der Waals surface area contributed by atoms with Gasteiger partial charge in [-0.2, -0.15) is 0 Å². The maximum absolute atomic E-state index is 10.6. The second-order valence-electron chi connectivity index (χ2n) is 2.48. The predicted octanol–water partition coefficient (Wildman–Crippen LogP) is 2.30. The van der Waals surface area contributed by atoms with E-state index in [1.165, 1.54) is 0 Å². The third-order valence-corrected chi connectivity index (χ3v) is 2.77. The summed E-state index contributed by atoms with van der Waals surface area (Å²) in [6, 6.07) is 4.25. The van der Waals surface area contributed by atoms with Gasteiger partial charge >= 0.3 is 5.97 Å². The van der Waals surface area contributed by atoms with Crippen molar-refractivity contribution in [2.75, 3.05) is 0 Å². The van der Waals surface area contributed by atoms with Gasteiger partial charge in [0.15, 0.2) is 0 Å². The number of benzene rings is 1. The van der Waals surface area contributed by atoms with Crippen molar-refractivity contribution in [1.82, 2.24) is 0 Å². The summed E-state index contributed by atoms with van der Waals surface area (Å²) in [4.78, 5) is 10.6. The Morgan fingerprint density at radius 2 is 2.08 bits per heavy atom. The van der Waals surface area contributed by atoms with Crippen LogP contribution in [-0.4, -0.2) is 11.1 Å². The Morgan fingerprint density at radius 3 is 2.62 bits per heavy atom. The summed E-state index contributed by atoms with van der Waals surface area (Å²) >= 11 is 6.48. The topological polar surface area (TPSA) is 63.3 Å². The van der Waals surface area contributed by atoms with Gasteiger partial charge in [-0.3, -0.25) is 4.79 Å². The SMILES string of the molecule is N[C@H](C(=O)O)c1cc(Br)ccc1Br. The molecule has 0 spiro atoms. The summed E-state index contributed by atoms with van der Waals surface area (Å²) in [5, 5.41) is 8.69. The number of rotatable bonds is 2. The Bertz CT molecular complexity index is 341. The van der Waals surface area contributed by atoms with Crippen molar-refractivity contribution >= 4 is 37.8 Å². The van der Waals surface area contributed by atoms with Crippen molar-refractivity contribution in [2.24, 2.45) is 5.73 Å². The molecule has 0 radical (unpaired) electrons. The largest absolute Gasteiger partial charge is 0.480 e. The van der Waals surface area contributed by atoms with Gasteiger partial charge in [-0.15, -0.1) is 0 Å². The first-order valence-electron chi connectivity index (χ1n) is 3.45. The van der Waals surface area contributed by atoms with Gasteiger partial charge < -0.3 is 10.8 Å². The molecule has 3 N–H and O–H groups in total. The molecule has 70 valence electrons. The van der Waals surface area contributed by atoms with E-state index in [0.717, 1.165) is 4.47 Å². The minimum Gasteiger partial charge on any atom is -0.480 e. The molecule has 0 saturated heterocycles. The number of carbonyl (C=O) groups is 1. The number of halogens is 2. The number of carboxylic acids is 1. The summed E-state index contributed by atoms with van der Waals surface area (Å²) in [5.74, 6) is -1.04. The third kappa shape index (κ3) is 2.52. The molecule has 1 aromatic carbocycles. The molecule has 0 fully saturated rings. The van der Waals surface area contributed by atoms with Crippen LogP contribution in [-0.2, 0) is 4.79 Å². The number of aliphatic carboxylic acids is 1. The van der Waals surface area contributed by atoms with E-state index < -0.39 is 12.0 Å². The molecule has 5 heteroatoms. The summed E-state index contributed by atoms with van der Waals surface area (Å²) in [5.41, 5.74) is 6.01. The van der Waals surface area contributed by atoms with E-state index in [-0.39, 0.29) is 0 Å². The second kappa shape index (κ2) is 4.21. The van der Waals surface area contributed by atoms with Gasteiger partial charge in [0.25, 0.3) is 0 Å². The van der Waals surface area contributed by atoms with Crippen LogP contribution in [0.25, 0.3) is 0 Å². The van der Waals surface area contributed by atoms with Crippen LogP contribution in [0.1, 0.15) is 11.6 Å². The zero-order chi connectivity index (χ0) is 10.0. The fourth-order valence-corrected chi connectivity index (χ4v) is 1.76. The number of hydrogen-bond donors (Lipinski definition) is 2. The lowest BCUT2D eigenvalue weighted by Gasteiger charge is -2.09. The predicted molar refractivity (Wildman–Crippen MR) is 56.4 cm³/mol. The maximum Gasteiger partial charge on any atom is 0.325 e. The summed E-state index contributed by atoms with van der Waals surface area (Å²) in [6.07, 6.45) is 0. The number of nitrogens with two attached hydrogens (primary N) is 1. The lowest BCUT2D eigenvalue weighted by Crippen LogP contribution is -2.21. The molecule has 0 bridgehead atoms. The van der Waals surface area contributed by atoms with Crippen molar-refractivity contribution < 1.29 is 9.90 Å². The second-order valence-corrected chi connectivity index (χ2v) is 4.25. The van der Waals surface area contributed by atoms with Gasteiger partial charge in [0, 0.05) is 8.95 Å². The molecular formula is C8H7Br2NO2. The summed E-state index contributed by atoms with van der Waals surface area (Å²) in [7, 11) is 0. The van der Waals surface area contributed by atoms with Crippen LogP contribution in [0.3, 0.4) is 0 Å². The highest BCUT2D eigenvalue weighted by molar-refractivity contribution is 9.11. The molecule has 0 aliphatic rings. The zero-order valence-corrected chi connectivity index (χ0v) is 9.67. The highest BCUT2D eigenvalue weighted by Crippen LogP contribution is 2.25. The Hall–Kier alpha value is -0.390. The standard InChI is InChI=1S/C8H7Br2NO2/c9-4-1-2-6(10)5(3-4)7(11)8(12)13/h1-3,7H,11H2,(H,12,13)/t7-/m0/s1. The first-order valence-corrected chi connectivity index (χ1v) is 5.04. The monoisotopic (exact) mass is 307 g/mol. The van der Waals surface area contributed by atoms with Crippen LogP contribution in [0.15, 0.2) is 27.1 Å². The van der Waals surface area contributed by atoms with Gasteiger partial charge in [0.1, 0.15) is 6.04 Å². The van der Waals surface area contributed by atoms with E-state index in [4.69, 9.17) is 10.8 Å². The smallest absolute Gasteiger partial charge is 0.325 e. The lowest BCUT2D eigenvalue weighted by molar-refractivity contribution is -0.138. The van der Waals surface area contributed by atoms with Crippen molar-refractivity contribution in [2.45, 2.75) is 6.04 Å². The molecule has 0 aliphatic carbocycles. The van der Waals surface area contributed by atoms with Gasteiger partial charge in [0.05, 0.1) is 0 Å². The van der Waals surface area contributed by atoms with Crippen molar-refractivity contribution in [3.05, 3.63) is 32.7 Å². The van der Waals surface area contributed by atoms with Gasteiger partial charge in [-0.05, 0) is 23.8 Å². The van der Waals surface area contributed by atoms with Crippen molar-refractivity contribution in [3.8, 4) is 0 Å². The molecule has 1 atom stereocenters. The van der Waals surface area contributed by atoms with E-state index in [1.807, 2.05) is 6.07 Å². The minimum atomic E-state index is -1.04. The quantitative estimate of drug-likeness (QED) is 0.881. The highest BCUT2D eigenvalue weighted by Gasteiger charge is 2.16. The average molecular weight is 309 g/mol. The highest BCUT2D eigenvalue weighted by atomic mass is 79.9. The third-order valence-electron chi connectivity index (χ3n) is 1.56. The van der Waals surface area contributed by atoms with E-state index in [2.05, 4.69) is 31.9 Å². The Kier molecular flexibility index (Phi) is 3.47. The first-order chi connectivity index (χ1) is 6.02. The van der Waals surface area contributed by atoms with Gasteiger partial charge in [0.2, 0.25) is 0 Å². The maximum atomic E-state index is 10.6. The average Bonchev–Trinajstić information content (AvgIpc) is 2.08. The molecule has 1 rings (SSSR count). The van der Waals surface area contributed by atoms with Crippen LogP contribution in [0.4, 0.5) is 0 Å². The number of carboxylic acid groups (broad SMARTS) is 1. The molecule has 0 heterocycles. The van der Waals surface area contributed by atoms with Crippen LogP contribution in [0.5, 0.6) is 0 Å². The van der Waals surface area contributed by atoms with E-state index >= 15 is 0 Å². The van der Waals surface area contributed by atoms with E-state index in [9.17, 15) is 4.79 Å². The van der Waals surface area contributed by atoms with Gasteiger partial charge in [-0.1, -0.05) is 31.9 Å². The molecule has 0 amide bonds. The fourth-order valence-electron chi connectivity index (χ4n) is 0.886. The molecule has 0 aromatic heterocycles. The minimum absolute atomic E-state index is 0.557. The van der Waals surface area contributed by atoms with Crippen molar-refractivity contribution in [1.29, 1.82) is 0 Å². The Balaban J connectivity index is 3.12. The molecule has 0 saturated carbocycles. The molecule has 3 nitrogen and oxygen atoms in total. The van der Waals surface area contributed by atoms with Crippen LogP contribution >= 0.6 is 31.9 Å². The fraction of sp³-hybridized carbons (Fsp3) is 0.125. The Labute approximate surface area is 92.2 Å². The molecule has 13 heavy (non-hydrogen) atoms. The van der Waals surface area contributed by atoms with Crippen LogP contribution < -0.4 is 5.73 Å². The summed E-state index contributed by atoms with van der Waals surface area (Å²) < 4.78 is 1.51. The molecule has 0 aliphatic heterocycles. The van der Waals surface area contributed by atoms with Crippen LogP contribution in [0, 0.1) is 0 Å². The van der Waals surface area contributed by atoms with E-state index in [1.54, 1.807) is 12.1 Å². The first kappa shape index (κ1) is 10.7. The lowest BCUT2D eigenvalue weighted by atomic mass is 10.1. The molecular weight excluding hydrogens is 302 g/mol.